The van der Waals surface area contributed by atoms with Gasteiger partial charge < -0.3 is 4.74 Å². The number of rotatable bonds is 8. The first-order valence-electron chi connectivity index (χ1n) is 10.7. The second kappa shape index (κ2) is 10.4. The topological polar surface area (TPSA) is 50.7 Å². The highest BCUT2D eigenvalue weighted by Gasteiger charge is 2.13. The number of nitrogens with one attached hydrogen (secondary N) is 1. The van der Waals surface area contributed by atoms with Crippen molar-refractivity contribution in [3.63, 3.8) is 0 Å². The molecule has 0 fully saturated rings. The third-order valence-electron chi connectivity index (χ3n) is 5.05. The van der Waals surface area contributed by atoms with Gasteiger partial charge >= 0.3 is 0 Å². The minimum atomic E-state index is -0.260. The molecule has 1 N–H and O–H groups in total. The molecular weight excluding hydrogens is 372 g/mol. The highest BCUT2D eigenvalue weighted by molar-refractivity contribution is 5.78. The van der Waals surface area contributed by atoms with Gasteiger partial charge in [-0.2, -0.15) is 5.10 Å². The largest absolute Gasteiger partial charge is 0.483 e. The SMILES string of the molecule is Cc1ccc(C(C)C)c(OCC(=O)NN=CC(C)Cc2ccc(C(C)(C)C)cc2)c1. The third kappa shape index (κ3) is 7.33. The summed E-state index contributed by atoms with van der Waals surface area (Å²) in [5, 5.41) is 4.11. The van der Waals surface area contributed by atoms with Crippen LogP contribution in [0.3, 0.4) is 0 Å². The Morgan fingerprint density at radius 1 is 1.10 bits per heavy atom. The molecule has 162 valence electrons. The first kappa shape index (κ1) is 23.7. The van der Waals surface area contributed by atoms with Crippen LogP contribution < -0.4 is 10.2 Å². The van der Waals surface area contributed by atoms with Crippen LogP contribution in [0.25, 0.3) is 0 Å². The Hall–Kier alpha value is -2.62. The molecule has 2 aromatic carbocycles. The predicted octanol–water partition coefficient (Wildman–Crippen LogP) is 5.78. The molecule has 0 heterocycles. The number of benzene rings is 2. The van der Waals surface area contributed by atoms with Gasteiger partial charge in [0.1, 0.15) is 5.75 Å². The van der Waals surface area contributed by atoms with Gasteiger partial charge in [0.2, 0.25) is 0 Å². The summed E-state index contributed by atoms with van der Waals surface area (Å²) in [6.07, 6.45) is 2.66. The van der Waals surface area contributed by atoms with Gasteiger partial charge in [-0.25, -0.2) is 5.43 Å². The lowest BCUT2D eigenvalue weighted by atomic mass is 9.86. The number of carbonyl (C=O) groups excluding carboxylic acids is 1. The van der Waals surface area contributed by atoms with E-state index < -0.39 is 0 Å². The van der Waals surface area contributed by atoms with Crippen LogP contribution in [-0.2, 0) is 16.6 Å². The molecule has 0 bridgehead atoms. The predicted molar refractivity (Wildman–Crippen MR) is 125 cm³/mol. The van der Waals surface area contributed by atoms with E-state index in [-0.39, 0.29) is 23.8 Å². The lowest BCUT2D eigenvalue weighted by Gasteiger charge is -2.19. The lowest BCUT2D eigenvalue weighted by molar-refractivity contribution is -0.123. The number of hydrogen-bond acceptors (Lipinski definition) is 3. The number of aryl methyl sites for hydroxylation is 1. The normalized spacial score (nSPS) is 12.9. The molecule has 1 unspecified atom stereocenters. The summed E-state index contributed by atoms with van der Waals surface area (Å²) in [7, 11) is 0. The summed E-state index contributed by atoms with van der Waals surface area (Å²) in [5.41, 5.74) is 7.52. The Balaban J connectivity index is 1.82. The van der Waals surface area contributed by atoms with Crippen molar-refractivity contribution in [2.45, 2.75) is 66.2 Å². The van der Waals surface area contributed by atoms with E-state index >= 15 is 0 Å². The number of ether oxygens (including phenoxy) is 1. The van der Waals surface area contributed by atoms with Gasteiger partial charge in [-0.15, -0.1) is 0 Å². The van der Waals surface area contributed by atoms with Gasteiger partial charge in [0, 0.05) is 6.21 Å². The van der Waals surface area contributed by atoms with E-state index in [2.05, 4.69) is 88.5 Å². The van der Waals surface area contributed by atoms with Gasteiger partial charge in [0.25, 0.3) is 5.91 Å². The molecule has 30 heavy (non-hydrogen) atoms. The van der Waals surface area contributed by atoms with E-state index in [0.29, 0.717) is 5.92 Å². The molecule has 0 saturated heterocycles. The van der Waals surface area contributed by atoms with Crippen LogP contribution >= 0.6 is 0 Å². The van der Waals surface area contributed by atoms with Gasteiger partial charge in [-0.3, -0.25) is 4.79 Å². The molecular formula is C26H36N2O2. The molecule has 0 aliphatic carbocycles. The van der Waals surface area contributed by atoms with Crippen molar-refractivity contribution in [2.24, 2.45) is 11.0 Å². The zero-order valence-electron chi connectivity index (χ0n) is 19.5. The average Bonchev–Trinajstić information content (AvgIpc) is 2.66. The highest BCUT2D eigenvalue weighted by Crippen LogP contribution is 2.27. The van der Waals surface area contributed by atoms with Gasteiger partial charge in [0.15, 0.2) is 6.61 Å². The minimum absolute atomic E-state index is 0.0524. The Bertz CT molecular complexity index is 862. The van der Waals surface area contributed by atoms with Crippen LogP contribution in [0.1, 0.15) is 69.7 Å². The molecule has 1 atom stereocenters. The van der Waals surface area contributed by atoms with Crippen LogP contribution in [0.2, 0.25) is 0 Å². The van der Waals surface area contributed by atoms with Crippen LogP contribution in [-0.4, -0.2) is 18.7 Å². The van der Waals surface area contributed by atoms with E-state index in [1.54, 1.807) is 6.21 Å². The van der Waals surface area contributed by atoms with E-state index in [1.807, 2.05) is 13.0 Å². The molecule has 0 aliphatic rings. The van der Waals surface area contributed by atoms with Crippen molar-refractivity contribution < 1.29 is 9.53 Å². The Morgan fingerprint density at radius 2 is 1.77 bits per heavy atom. The van der Waals surface area contributed by atoms with Crippen molar-refractivity contribution in [3.8, 4) is 5.75 Å². The van der Waals surface area contributed by atoms with E-state index in [0.717, 1.165) is 23.3 Å². The summed E-state index contributed by atoms with van der Waals surface area (Å²) >= 11 is 0. The van der Waals surface area contributed by atoms with Crippen molar-refractivity contribution >= 4 is 12.1 Å². The summed E-state index contributed by atoms with van der Waals surface area (Å²) in [6.45, 7) is 14.9. The first-order chi connectivity index (χ1) is 14.1. The maximum Gasteiger partial charge on any atom is 0.277 e. The first-order valence-corrected chi connectivity index (χ1v) is 10.7. The average molecular weight is 409 g/mol. The monoisotopic (exact) mass is 408 g/mol. The smallest absolute Gasteiger partial charge is 0.277 e. The van der Waals surface area contributed by atoms with Crippen LogP contribution in [0, 0.1) is 12.8 Å². The zero-order valence-corrected chi connectivity index (χ0v) is 19.5. The molecule has 1 amide bonds. The molecule has 4 nitrogen and oxygen atoms in total. The molecule has 0 aliphatic heterocycles. The molecule has 4 heteroatoms. The molecule has 0 spiro atoms. The fourth-order valence-electron chi connectivity index (χ4n) is 3.22. The maximum atomic E-state index is 12.1. The third-order valence-corrected chi connectivity index (χ3v) is 5.05. The summed E-state index contributed by atoms with van der Waals surface area (Å²) in [5.74, 6) is 1.05. The Labute approximate surface area is 181 Å². The minimum Gasteiger partial charge on any atom is -0.483 e. The lowest BCUT2D eigenvalue weighted by Crippen LogP contribution is -2.25. The maximum absolute atomic E-state index is 12.1. The number of amides is 1. The van der Waals surface area contributed by atoms with Crippen molar-refractivity contribution in [1.29, 1.82) is 0 Å². The van der Waals surface area contributed by atoms with E-state index in [1.165, 1.54) is 11.1 Å². The summed E-state index contributed by atoms with van der Waals surface area (Å²) in [6, 6.07) is 14.8. The van der Waals surface area contributed by atoms with E-state index in [9.17, 15) is 4.79 Å². The van der Waals surface area contributed by atoms with Crippen LogP contribution in [0.4, 0.5) is 0 Å². The number of carbonyl (C=O) groups is 1. The quantitative estimate of drug-likeness (QED) is 0.445. The van der Waals surface area contributed by atoms with Gasteiger partial charge in [-0.05, 0) is 58.9 Å². The molecule has 0 aromatic heterocycles. The van der Waals surface area contributed by atoms with Crippen molar-refractivity contribution in [3.05, 3.63) is 64.7 Å². The number of hydrogen-bond donors (Lipinski definition) is 1. The zero-order chi connectivity index (χ0) is 22.3. The van der Waals surface area contributed by atoms with Gasteiger partial charge in [-0.1, -0.05) is 77.9 Å². The van der Waals surface area contributed by atoms with E-state index in [4.69, 9.17) is 4.74 Å². The molecule has 0 radical (unpaired) electrons. The second-order valence-electron chi connectivity index (χ2n) is 9.43. The standard InChI is InChI=1S/C26H36N2O2/c1-18(2)23-13-8-19(3)15-24(23)30-17-25(29)28-27-16-20(4)14-21-9-11-22(12-10-21)26(5,6)7/h8-13,15-16,18,20H,14,17H2,1-7H3,(H,28,29). The summed E-state index contributed by atoms with van der Waals surface area (Å²) in [4.78, 5) is 12.1. The number of hydrazone groups is 1. The van der Waals surface area contributed by atoms with Crippen LogP contribution in [0.5, 0.6) is 5.75 Å². The van der Waals surface area contributed by atoms with Gasteiger partial charge in [0.05, 0.1) is 0 Å². The fraction of sp³-hybridized carbons (Fsp3) is 0.462. The Kier molecular flexibility index (Phi) is 8.22. The van der Waals surface area contributed by atoms with Crippen molar-refractivity contribution in [2.75, 3.05) is 6.61 Å². The van der Waals surface area contributed by atoms with Crippen LogP contribution in [0.15, 0.2) is 47.6 Å². The molecule has 0 saturated carbocycles. The highest BCUT2D eigenvalue weighted by atomic mass is 16.5. The molecule has 2 rings (SSSR count). The Morgan fingerprint density at radius 3 is 2.37 bits per heavy atom. The summed E-state index contributed by atoms with van der Waals surface area (Å²) < 4.78 is 5.75. The fourth-order valence-corrected chi connectivity index (χ4v) is 3.22. The van der Waals surface area contributed by atoms with Crippen molar-refractivity contribution in [1.82, 2.24) is 5.43 Å². The number of nitrogens with zero attached hydrogens (tertiary/aromatic N) is 1. The second-order valence-corrected chi connectivity index (χ2v) is 9.43. The molecule has 2 aromatic rings.